The van der Waals surface area contributed by atoms with E-state index in [9.17, 15) is 19.9 Å². The number of hydroxylamine groups is 2. The summed E-state index contributed by atoms with van der Waals surface area (Å²) in [5.41, 5.74) is 2.71. The van der Waals surface area contributed by atoms with Crippen molar-refractivity contribution in [1.82, 2.24) is 5.06 Å². The normalized spacial score (nSPS) is 16.7. The fraction of sp³-hybridized carbons (Fsp3) is 0.400. The Labute approximate surface area is 235 Å². The number of aliphatic carboxylic acids is 1. The van der Waals surface area contributed by atoms with Gasteiger partial charge in [-0.05, 0) is 51.0 Å². The number of halogens is 1. The van der Waals surface area contributed by atoms with Gasteiger partial charge in [0.05, 0.1) is 5.56 Å². The lowest BCUT2D eigenvalue weighted by Gasteiger charge is -2.50. The van der Waals surface area contributed by atoms with Crippen molar-refractivity contribution < 1.29 is 46.2 Å². The smallest absolute Gasteiger partial charge is 0.338 e. The van der Waals surface area contributed by atoms with Crippen LogP contribution in [0.15, 0.2) is 73.3 Å². The highest BCUT2D eigenvalue weighted by Crippen LogP contribution is 2.38. The Morgan fingerprint density at radius 3 is 1.87 bits per heavy atom. The minimum atomic E-state index is -1.06. The molecular formula is C30H36ClN3O5. The molecule has 9 heteroatoms. The summed E-state index contributed by atoms with van der Waals surface area (Å²) in [4.78, 5) is 23.4. The van der Waals surface area contributed by atoms with Crippen molar-refractivity contribution in [3.8, 4) is 11.1 Å². The zero-order valence-electron chi connectivity index (χ0n) is 22.8. The fourth-order valence-electron chi connectivity index (χ4n) is 5.21. The van der Waals surface area contributed by atoms with E-state index in [0.29, 0.717) is 31.5 Å². The van der Waals surface area contributed by atoms with Crippen LogP contribution in [0, 0.1) is 0 Å². The molecule has 1 N–H and O–H groups in total. The maximum Gasteiger partial charge on any atom is 0.338 e. The molecule has 1 fully saturated rings. The van der Waals surface area contributed by atoms with Crippen LogP contribution in [0.2, 0.25) is 0 Å². The number of benzene rings is 1. The number of carbonyl (C=O) groups excluding carboxylic acids is 2. The van der Waals surface area contributed by atoms with E-state index in [4.69, 9.17) is 4.74 Å². The Hall–Kier alpha value is -3.33. The molecule has 0 aliphatic carbocycles. The van der Waals surface area contributed by atoms with Gasteiger partial charge < -0.3 is 32.3 Å². The first-order valence-electron chi connectivity index (χ1n) is 12.9. The van der Waals surface area contributed by atoms with Crippen molar-refractivity contribution in [1.29, 1.82) is 0 Å². The lowest BCUT2D eigenvalue weighted by molar-refractivity contribution is -0.696. The van der Waals surface area contributed by atoms with Gasteiger partial charge in [0.15, 0.2) is 37.9 Å². The van der Waals surface area contributed by atoms with Gasteiger partial charge in [0.25, 0.3) is 0 Å². The molecule has 0 atom stereocenters. The van der Waals surface area contributed by atoms with Crippen LogP contribution in [0.5, 0.6) is 0 Å². The number of hydrogen-bond donors (Lipinski definition) is 1. The first kappa shape index (κ1) is 30.2. The van der Waals surface area contributed by atoms with E-state index in [2.05, 4.69) is 4.57 Å². The largest absolute Gasteiger partial charge is 1.00 e. The first-order chi connectivity index (χ1) is 17.9. The maximum atomic E-state index is 12.8. The fourth-order valence-corrected chi connectivity index (χ4v) is 5.21. The van der Waals surface area contributed by atoms with Crippen LogP contribution in [0.1, 0.15) is 62.9 Å². The topological polar surface area (TPSA) is 97.7 Å². The number of piperidine rings is 1. The van der Waals surface area contributed by atoms with Crippen molar-refractivity contribution in [3.05, 3.63) is 84.4 Å². The summed E-state index contributed by atoms with van der Waals surface area (Å²) in [6, 6.07) is 15.5. The lowest BCUT2D eigenvalue weighted by Crippen LogP contribution is -3.00. The number of aryl methyl sites for hydroxylation is 1. The number of hydrogen-bond acceptors (Lipinski definition) is 6. The highest BCUT2D eigenvalue weighted by atomic mass is 35.5. The Morgan fingerprint density at radius 1 is 0.897 bits per heavy atom. The molecule has 3 aromatic rings. The molecule has 0 unspecified atom stereocenters. The summed E-state index contributed by atoms with van der Waals surface area (Å²) in [5.74, 6) is -1.41. The molecule has 3 heterocycles. The second-order valence-corrected chi connectivity index (χ2v) is 11.3. The molecule has 4 rings (SSSR count). The number of nitrogens with zero attached hydrogens (tertiary/aromatic N) is 3. The van der Waals surface area contributed by atoms with E-state index in [1.165, 1.54) is 5.06 Å². The Bertz CT molecular complexity index is 1260. The van der Waals surface area contributed by atoms with Crippen LogP contribution >= 0.6 is 0 Å². The molecule has 8 nitrogen and oxygen atoms in total. The quantitative estimate of drug-likeness (QED) is 0.304. The summed E-state index contributed by atoms with van der Waals surface area (Å²) >= 11 is 0. The third-order valence-corrected chi connectivity index (χ3v) is 7.12. The Balaban J connectivity index is 0.00000420. The predicted molar refractivity (Wildman–Crippen MR) is 138 cm³/mol. The van der Waals surface area contributed by atoms with Crippen LogP contribution in [0.3, 0.4) is 0 Å². The van der Waals surface area contributed by atoms with E-state index in [1.807, 2.05) is 93.4 Å². The summed E-state index contributed by atoms with van der Waals surface area (Å²) in [6.45, 7) is 8.84. The summed E-state index contributed by atoms with van der Waals surface area (Å²) in [6.07, 6.45) is 8.59. The zero-order chi connectivity index (χ0) is 27.5. The number of ether oxygens (including phenoxy) is 1. The van der Waals surface area contributed by atoms with Crippen LogP contribution in [0.25, 0.3) is 11.1 Å². The van der Waals surface area contributed by atoms with Gasteiger partial charge in [-0.15, -0.1) is 0 Å². The van der Waals surface area contributed by atoms with Crippen LogP contribution in [0.4, 0.5) is 0 Å². The molecule has 208 valence electrons. The van der Waals surface area contributed by atoms with Gasteiger partial charge in [-0.25, -0.2) is 13.9 Å². The number of carbonyl (C=O) groups is 2. The van der Waals surface area contributed by atoms with Crippen LogP contribution in [-0.2, 0) is 22.6 Å². The van der Waals surface area contributed by atoms with Gasteiger partial charge >= 0.3 is 5.97 Å². The second-order valence-electron chi connectivity index (χ2n) is 11.3. The van der Waals surface area contributed by atoms with Crippen molar-refractivity contribution in [2.24, 2.45) is 0 Å². The Morgan fingerprint density at radius 2 is 1.38 bits per heavy atom. The van der Waals surface area contributed by atoms with Gasteiger partial charge in [-0.2, -0.15) is 5.06 Å². The van der Waals surface area contributed by atoms with Crippen LogP contribution < -0.4 is 26.6 Å². The first-order valence-corrected chi connectivity index (χ1v) is 12.9. The predicted octanol–water partition coefficient (Wildman–Crippen LogP) is -0.311. The summed E-state index contributed by atoms with van der Waals surface area (Å²) in [7, 11) is 0. The summed E-state index contributed by atoms with van der Waals surface area (Å²) < 4.78 is 9.71. The number of pyridine rings is 2. The molecule has 39 heavy (non-hydrogen) atoms. The van der Waals surface area contributed by atoms with Crippen molar-refractivity contribution >= 4 is 11.9 Å². The molecule has 1 saturated heterocycles. The van der Waals surface area contributed by atoms with Gasteiger partial charge in [0.1, 0.15) is 6.10 Å². The van der Waals surface area contributed by atoms with Crippen molar-refractivity contribution in [2.45, 2.75) is 77.2 Å². The van der Waals surface area contributed by atoms with E-state index in [-0.39, 0.29) is 30.9 Å². The number of aromatic nitrogens is 2. The van der Waals surface area contributed by atoms with E-state index in [0.717, 1.165) is 16.7 Å². The molecule has 1 aliphatic heterocycles. The highest BCUT2D eigenvalue weighted by Gasteiger charge is 2.46. The minimum Gasteiger partial charge on any atom is -1.00 e. The molecule has 0 amide bonds. The third kappa shape index (κ3) is 7.62. The van der Waals surface area contributed by atoms with Gasteiger partial charge in [0.2, 0.25) is 0 Å². The molecule has 0 radical (unpaired) electrons. The van der Waals surface area contributed by atoms with Crippen LogP contribution in [-0.4, -0.2) is 39.4 Å². The molecule has 0 saturated carbocycles. The monoisotopic (exact) mass is 553 g/mol. The average molecular weight is 554 g/mol. The third-order valence-electron chi connectivity index (χ3n) is 7.12. The lowest BCUT2D eigenvalue weighted by atomic mass is 9.80. The maximum absolute atomic E-state index is 12.8. The number of esters is 1. The SMILES string of the molecule is CC1(C)CC(OC(=O)c2ccc(C[n+]3ccc(-c4cc[n+](CCC(=O)[O-])cc4)cc3)cc2)CC(C)(C)N1O.[Cl-]. The molecule has 2 aromatic heterocycles. The van der Waals surface area contributed by atoms with Gasteiger partial charge in [-0.3, -0.25) is 0 Å². The Kier molecular flexibility index (Phi) is 9.48. The molecule has 0 spiro atoms. The molecule has 0 bridgehead atoms. The molecule has 1 aliphatic rings. The standard InChI is InChI=1S/C30H36N3O5.ClH/c1-29(2)19-26(20-30(3,4)33(29)37)38-28(36)25-7-5-22(6-8-25)21-32-16-11-24(12-17-32)23-9-14-31(15-10-23)18-13-27(34)35;/h5-12,14-17,26,37H,13,18-21H2,1-4H3;1H/q+1;/p-1. The summed E-state index contributed by atoms with van der Waals surface area (Å²) in [5, 5.41) is 22.5. The number of carboxylic acid groups (broad SMARTS) is 1. The van der Waals surface area contributed by atoms with E-state index in [1.54, 1.807) is 12.1 Å². The minimum absolute atomic E-state index is 0. The molecule has 1 aromatic carbocycles. The van der Waals surface area contributed by atoms with E-state index >= 15 is 0 Å². The highest BCUT2D eigenvalue weighted by molar-refractivity contribution is 5.89. The van der Waals surface area contributed by atoms with Gasteiger partial charge in [-0.1, -0.05) is 12.1 Å². The van der Waals surface area contributed by atoms with Crippen molar-refractivity contribution in [3.63, 3.8) is 0 Å². The number of carboxylic acids is 1. The average Bonchev–Trinajstić information content (AvgIpc) is 2.87. The number of rotatable bonds is 8. The van der Waals surface area contributed by atoms with E-state index < -0.39 is 17.0 Å². The zero-order valence-corrected chi connectivity index (χ0v) is 23.6. The van der Waals surface area contributed by atoms with Crippen molar-refractivity contribution in [2.75, 3.05) is 0 Å². The second kappa shape index (κ2) is 12.2. The van der Waals surface area contributed by atoms with Gasteiger partial charge in [0, 0.05) is 66.1 Å². The molecular weight excluding hydrogens is 518 g/mol.